The minimum absolute atomic E-state index is 0.0642. The van der Waals surface area contributed by atoms with Gasteiger partial charge in [-0.25, -0.2) is 18.7 Å². The average Bonchev–Trinajstić information content (AvgIpc) is 3.71. The summed E-state index contributed by atoms with van der Waals surface area (Å²) in [5, 5.41) is 17.4. The lowest BCUT2D eigenvalue weighted by atomic mass is 9.85. The number of anilines is 1. The number of amides is 2. The van der Waals surface area contributed by atoms with Gasteiger partial charge in [-0.05, 0) is 82.1 Å². The third-order valence-electron chi connectivity index (χ3n) is 10.7. The maximum absolute atomic E-state index is 15.8. The number of fused-ring (bicyclic) bond motifs is 3. The van der Waals surface area contributed by atoms with E-state index in [1.54, 1.807) is 6.92 Å². The van der Waals surface area contributed by atoms with Crippen LogP contribution in [0.3, 0.4) is 0 Å². The van der Waals surface area contributed by atoms with E-state index in [4.69, 9.17) is 16.3 Å². The van der Waals surface area contributed by atoms with Crippen molar-refractivity contribution in [1.29, 1.82) is 0 Å². The first kappa shape index (κ1) is 38.3. The van der Waals surface area contributed by atoms with E-state index in [1.807, 2.05) is 0 Å². The van der Waals surface area contributed by atoms with Crippen LogP contribution in [0.15, 0.2) is 41.5 Å². The number of halogens is 6. The van der Waals surface area contributed by atoms with Gasteiger partial charge in [0.1, 0.15) is 30.1 Å². The molecule has 1 atom stereocenters. The van der Waals surface area contributed by atoms with E-state index in [1.165, 1.54) is 28.5 Å². The largest absolute Gasteiger partial charge is 0.504 e. The Hall–Kier alpha value is -5.53. The Morgan fingerprint density at radius 1 is 1.07 bits per heavy atom. The fraction of sp³-hybridized carbons (Fsp3) is 0.378. The second-order valence-corrected chi connectivity index (χ2v) is 14.7. The third kappa shape index (κ3) is 6.76. The van der Waals surface area contributed by atoms with E-state index >= 15 is 4.39 Å². The van der Waals surface area contributed by atoms with Crippen molar-refractivity contribution in [3.8, 4) is 17.1 Å². The number of carbonyl (C=O) groups excluding carboxylic acids is 2. The molecule has 3 aliphatic rings. The predicted molar refractivity (Wildman–Crippen MR) is 192 cm³/mol. The number of hydrogen-bond acceptors (Lipinski definition) is 10. The van der Waals surface area contributed by atoms with E-state index in [-0.39, 0.29) is 82.6 Å². The second kappa shape index (κ2) is 14.1. The Labute approximate surface area is 324 Å². The summed E-state index contributed by atoms with van der Waals surface area (Å²) in [6, 6.07) is 4.31. The molecule has 6 heterocycles. The topological polar surface area (TPSA) is 160 Å². The Morgan fingerprint density at radius 3 is 2.47 bits per heavy atom. The number of aromatic hydroxyl groups is 1. The van der Waals surface area contributed by atoms with Gasteiger partial charge >= 0.3 is 6.18 Å². The molecule has 0 saturated carbocycles. The van der Waals surface area contributed by atoms with Crippen LogP contribution < -0.4 is 10.9 Å². The molecule has 1 unspecified atom stereocenters. The van der Waals surface area contributed by atoms with Gasteiger partial charge in [-0.1, -0.05) is 11.6 Å². The average molecular weight is 814 g/mol. The molecule has 0 radical (unpaired) electrons. The predicted octanol–water partition coefficient (Wildman–Crippen LogP) is 5.38. The molecule has 8 rings (SSSR count). The summed E-state index contributed by atoms with van der Waals surface area (Å²) in [7, 11) is 0. The van der Waals surface area contributed by atoms with Gasteiger partial charge in [0.2, 0.25) is 11.7 Å². The normalized spacial score (nSPS) is 17.9. The Bertz CT molecular complexity index is 2530. The van der Waals surface area contributed by atoms with Gasteiger partial charge in [-0.15, -0.1) is 5.10 Å². The van der Waals surface area contributed by atoms with Crippen LogP contribution in [0.25, 0.3) is 17.2 Å². The first-order valence-electron chi connectivity index (χ1n) is 17.9. The number of rotatable bonds is 7. The van der Waals surface area contributed by atoms with Crippen LogP contribution in [0, 0.1) is 18.6 Å². The van der Waals surface area contributed by atoms with Gasteiger partial charge in [0.15, 0.2) is 17.3 Å². The molecule has 20 heteroatoms. The molecule has 5 aromatic rings. The number of nitrogens with one attached hydrogen (secondary N) is 1. The van der Waals surface area contributed by atoms with Crippen LogP contribution in [0.4, 0.5) is 27.6 Å². The summed E-state index contributed by atoms with van der Waals surface area (Å²) in [6.07, 6.45) is -3.31. The Kier molecular flexibility index (Phi) is 9.51. The summed E-state index contributed by atoms with van der Waals surface area (Å²) < 4.78 is 78.9. The number of piperidine rings is 1. The van der Waals surface area contributed by atoms with Crippen molar-refractivity contribution >= 4 is 34.9 Å². The van der Waals surface area contributed by atoms with Crippen LogP contribution in [0.2, 0.25) is 5.02 Å². The molecule has 57 heavy (non-hydrogen) atoms. The summed E-state index contributed by atoms with van der Waals surface area (Å²) in [5.41, 5.74) is -2.99. The molecular formula is C37H33ClF5N9O5. The number of nitrogens with zero attached hydrogens (tertiary/aromatic N) is 8. The van der Waals surface area contributed by atoms with Crippen LogP contribution in [0.1, 0.15) is 70.9 Å². The minimum atomic E-state index is -4.82. The highest BCUT2D eigenvalue weighted by Gasteiger charge is 2.51. The maximum atomic E-state index is 15.8. The molecule has 1 spiro atoms. The monoisotopic (exact) mass is 813 g/mol. The first-order chi connectivity index (χ1) is 27.0. The standard InChI is InChI=1S/C37H33ClF5N9O5/c1-18-31(54)29(45-17-44-18)34(56)50-10-6-36(7-11-50)28-30(19(2)57-36)51(16-27(53)46-26-5-4-21(13-25(26)40)37(41,42)43)35-47-32(48-52(35)33(28)55)22-14-23(38)20(12-24(22)39)15-49-8-3-9-49/h4-5,12-14,17,19,54H,3,6-11,15-16H2,1-2H3,(H,46,53). The molecule has 2 saturated heterocycles. The number of carbonyl (C=O) groups is 2. The quantitative estimate of drug-likeness (QED) is 0.204. The van der Waals surface area contributed by atoms with E-state index in [0.717, 1.165) is 36.4 Å². The highest BCUT2D eigenvalue weighted by atomic mass is 35.5. The molecule has 14 nitrogen and oxygen atoms in total. The van der Waals surface area contributed by atoms with Crippen LogP contribution in [-0.4, -0.2) is 82.0 Å². The lowest BCUT2D eigenvalue weighted by Gasteiger charge is -2.39. The molecule has 2 fully saturated rings. The van der Waals surface area contributed by atoms with Crippen LogP contribution in [0.5, 0.6) is 5.75 Å². The van der Waals surface area contributed by atoms with Crippen molar-refractivity contribution in [2.45, 2.75) is 64.1 Å². The van der Waals surface area contributed by atoms with Gasteiger partial charge < -0.3 is 24.6 Å². The fourth-order valence-corrected chi connectivity index (χ4v) is 7.87. The van der Waals surface area contributed by atoms with Crippen LogP contribution in [-0.2, 0) is 34.4 Å². The van der Waals surface area contributed by atoms with E-state index in [0.29, 0.717) is 18.2 Å². The fourth-order valence-electron chi connectivity index (χ4n) is 7.65. The highest BCUT2D eigenvalue weighted by Crippen LogP contribution is 2.48. The zero-order chi connectivity index (χ0) is 40.6. The number of benzene rings is 2. The number of ether oxygens (including phenoxy) is 1. The molecule has 0 bridgehead atoms. The summed E-state index contributed by atoms with van der Waals surface area (Å²) in [6.45, 7) is 4.79. The molecule has 2 N–H and O–H groups in total. The number of likely N-dealkylation sites (tertiary alicyclic amines) is 2. The number of hydrogen-bond donors (Lipinski definition) is 2. The van der Waals surface area contributed by atoms with Gasteiger partial charge in [0.05, 0.1) is 39.9 Å². The second-order valence-electron chi connectivity index (χ2n) is 14.3. The molecule has 2 amide bonds. The molecule has 298 valence electrons. The van der Waals surface area contributed by atoms with Crippen molar-refractivity contribution in [1.82, 2.24) is 38.9 Å². The molecule has 0 aliphatic carbocycles. The third-order valence-corrected chi connectivity index (χ3v) is 11.0. The first-order valence-corrected chi connectivity index (χ1v) is 18.3. The number of aromatic nitrogens is 6. The van der Waals surface area contributed by atoms with Crippen molar-refractivity contribution in [2.75, 3.05) is 31.5 Å². The van der Waals surface area contributed by atoms with Crippen molar-refractivity contribution in [2.24, 2.45) is 0 Å². The minimum Gasteiger partial charge on any atom is -0.504 e. The van der Waals surface area contributed by atoms with E-state index in [9.17, 15) is 37.1 Å². The van der Waals surface area contributed by atoms with E-state index < -0.39 is 64.7 Å². The molecule has 3 aromatic heterocycles. The number of aryl methyl sites for hydroxylation is 1. The molecule has 2 aromatic carbocycles. The smallest absolute Gasteiger partial charge is 0.416 e. The molecular weight excluding hydrogens is 781 g/mol. The van der Waals surface area contributed by atoms with Crippen LogP contribution >= 0.6 is 11.6 Å². The number of alkyl halides is 3. The summed E-state index contributed by atoms with van der Waals surface area (Å²) >= 11 is 6.58. The van der Waals surface area contributed by atoms with Gasteiger partial charge in [0.25, 0.3) is 11.5 Å². The SMILES string of the molecule is Cc1ncnc(C(=O)N2CCC3(CC2)OC(C)c2c3c(=O)n3nc(-c4cc(Cl)c(CN5CCC5)cc4F)nc3n2CC(=O)Nc2ccc(C(F)(F)F)cc2F)c1O. The van der Waals surface area contributed by atoms with E-state index in [2.05, 4.69) is 30.3 Å². The van der Waals surface area contributed by atoms with Crippen molar-refractivity contribution in [3.63, 3.8) is 0 Å². The van der Waals surface area contributed by atoms with Crippen molar-refractivity contribution in [3.05, 3.63) is 97.4 Å². The molecule has 3 aliphatic heterocycles. The van der Waals surface area contributed by atoms with Gasteiger partial charge in [-0.2, -0.15) is 22.7 Å². The van der Waals surface area contributed by atoms with Gasteiger partial charge in [0, 0.05) is 24.7 Å². The van der Waals surface area contributed by atoms with Gasteiger partial charge in [-0.3, -0.25) is 19.3 Å². The zero-order valence-electron chi connectivity index (χ0n) is 30.3. The lowest BCUT2D eigenvalue weighted by molar-refractivity contribution is -0.137. The van der Waals surface area contributed by atoms with Crippen molar-refractivity contribution < 1.29 is 41.4 Å². The Balaban J connectivity index is 1.19. The zero-order valence-corrected chi connectivity index (χ0v) is 31.1. The maximum Gasteiger partial charge on any atom is 0.416 e. The summed E-state index contributed by atoms with van der Waals surface area (Å²) in [5.74, 6) is -4.28. The summed E-state index contributed by atoms with van der Waals surface area (Å²) in [4.78, 5) is 57.4. The lowest BCUT2D eigenvalue weighted by Crippen LogP contribution is -2.47. The highest BCUT2D eigenvalue weighted by molar-refractivity contribution is 6.31. The Morgan fingerprint density at radius 2 is 1.81 bits per heavy atom.